The Labute approximate surface area is 94.4 Å². The van der Waals surface area contributed by atoms with Gasteiger partial charge < -0.3 is 16.2 Å². The highest BCUT2D eigenvalue weighted by atomic mass is 79.9. The van der Waals surface area contributed by atoms with Crippen molar-refractivity contribution in [3.8, 4) is 0 Å². The molecule has 1 rings (SSSR count). The SMILES string of the molecule is Nc1cc(Br)ccc1C(=O)NCC(=O)O. The minimum absolute atomic E-state index is 0.263. The molecule has 0 radical (unpaired) electrons. The number of carboxylic acids is 1. The number of carbonyl (C=O) groups is 2. The standard InChI is InChI=1S/C9H9BrN2O3/c10-5-1-2-6(7(11)3-5)9(15)12-4-8(13)14/h1-3H,4,11H2,(H,12,15)(H,13,14). The number of nitrogen functional groups attached to an aromatic ring is 1. The van der Waals surface area contributed by atoms with E-state index in [1.165, 1.54) is 6.07 Å². The summed E-state index contributed by atoms with van der Waals surface area (Å²) in [4.78, 5) is 21.6. The van der Waals surface area contributed by atoms with E-state index < -0.39 is 18.4 Å². The van der Waals surface area contributed by atoms with Gasteiger partial charge in [-0.1, -0.05) is 15.9 Å². The molecule has 0 aliphatic heterocycles. The van der Waals surface area contributed by atoms with Crippen molar-refractivity contribution in [3.05, 3.63) is 28.2 Å². The van der Waals surface area contributed by atoms with Crippen molar-refractivity contribution in [2.75, 3.05) is 12.3 Å². The Bertz CT molecular complexity index is 406. The van der Waals surface area contributed by atoms with E-state index in [-0.39, 0.29) is 5.56 Å². The molecule has 0 aromatic heterocycles. The second kappa shape index (κ2) is 4.79. The smallest absolute Gasteiger partial charge is 0.322 e. The molecule has 0 bridgehead atoms. The first kappa shape index (κ1) is 11.5. The lowest BCUT2D eigenvalue weighted by molar-refractivity contribution is -0.135. The third kappa shape index (κ3) is 3.25. The molecule has 1 aromatic carbocycles. The van der Waals surface area contributed by atoms with Gasteiger partial charge >= 0.3 is 5.97 Å². The average Bonchev–Trinajstić information content (AvgIpc) is 2.14. The van der Waals surface area contributed by atoms with E-state index in [9.17, 15) is 9.59 Å². The fourth-order valence-corrected chi connectivity index (χ4v) is 1.37. The molecule has 0 saturated heterocycles. The fourth-order valence-electron chi connectivity index (χ4n) is 0.991. The Balaban J connectivity index is 2.78. The molecule has 0 saturated carbocycles. The number of halogens is 1. The van der Waals surface area contributed by atoms with Crippen LogP contribution in [0.1, 0.15) is 10.4 Å². The summed E-state index contributed by atoms with van der Waals surface area (Å²) >= 11 is 3.20. The quantitative estimate of drug-likeness (QED) is 0.712. The number of carbonyl (C=O) groups excluding carboxylic acids is 1. The van der Waals surface area contributed by atoms with E-state index >= 15 is 0 Å². The van der Waals surface area contributed by atoms with E-state index in [2.05, 4.69) is 21.2 Å². The molecule has 1 amide bonds. The lowest BCUT2D eigenvalue weighted by Crippen LogP contribution is -2.29. The van der Waals surface area contributed by atoms with Gasteiger partial charge in [0.05, 0.1) is 5.56 Å². The number of amides is 1. The predicted molar refractivity (Wildman–Crippen MR) is 58.5 cm³/mol. The zero-order valence-electron chi connectivity index (χ0n) is 7.66. The molecule has 0 unspecified atom stereocenters. The van der Waals surface area contributed by atoms with Crippen LogP contribution >= 0.6 is 15.9 Å². The summed E-state index contributed by atoms with van der Waals surface area (Å²) in [5, 5.41) is 10.6. The number of nitrogens with one attached hydrogen (secondary N) is 1. The topological polar surface area (TPSA) is 92.4 Å². The molecule has 1 aromatic rings. The van der Waals surface area contributed by atoms with Crippen LogP contribution in [0.5, 0.6) is 0 Å². The molecule has 0 heterocycles. The molecule has 0 atom stereocenters. The molecule has 4 N–H and O–H groups in total. The third-order valence-corrected chi connectivity index (χ3v) is 2.15. The van der Waals surface area contributed by atoms with Gasteiger partial charge in [-0.25, -0.2) is 0 Å². The van der Waals surface area contributed by atoms with Crippen molar-refractivity contribution in [2.24, 2.45) is 0 Å². The summed E-state index contributed by atoms with van der Waals surface area (Å²) in [5.74, 6) is -1.60. The zero-order valence-corrected chi connectivity index (χ0v) is 9.24. The van der Waals surface area contributed by atoms with Crippen molar-refractivity contribution < 1.29 is 14.7 Å². The van der Waals surface area contributed by atoms with Crippen molar-refractivity contribution in [2.45, 2.75) is 0 Å². The molecule has 5 nitrogen and oxygen atoms in total. The normalized spacial score (nSPS) is 9.67. The number of hydrogen-bond donors (Lipinski definition) is 3. The van der Waals surface area contributed by atoms with Gasteiger partial charge in [0.25, 0.3) is 5.91 Å². The predicted octanol–water partition coefficient (Wildman–Crippen LogP) is 0.846. The first-order valence-corrected chi connectivity index (χ1v) is 4.85. The van der Waals surface area contributed by atoms with Gasteiger partial charge in [0, 0.05) is 10.2 Å². The summed E-state index contributed by atoms with van der Waals surface area (Å²) in [6, 6.07) is 4.76. The van der Waals surface area contributed by atoms with Crippen molar-refractivity contribution in [1.29, 1.82) is 0 Å². The first-order chi connectivity index (χ1) is 7.00. The van der Waals surface area contributed by atoms with Crippen LogP contribution in [0.3, 0.4) is 0 Å². The zero-order chi connectivity index (χ0) is 11.4. The summed E-state index contributed by atoms with van der Waals surface area (Å²) in [7, 11) is 0. The number of benzene rings is 1. The highest BCUT2D eigenvalue weighted by Gasteiger charge is 2.10. The van der Waals surface area contributed by atoms with Gasteiger partial charge in [-0.15, -0.1) is 0 Å². The van der Waals surface area contributed by atoms with E-state index in [4.69, 9.17) is 10.8 Å². The summed E-state index contributed by atoms with van der Waals surface area (Å²) in [5.41, 5.74) is 6.15. The van der Waals surface area contributed by atoms with E-state index in [1.54, 1.807) is 12.1 Å². The molecule has 6 heteroatoms. The van der Waals surface area contributed by atoms with Crippen molar-refractivity contribution >= 4 is 33.5 Å². The highest BCUT2D eigenvalue weighted by molar-refractivity contribution is 9.10. The number of anilines is 1. The summed E-state index contributed by atoms with van der Waals surface area (Å²) in [6.45, 7) is -0.422. The lowest BCUT2D eigenvalue weighted by Gasteiger charge is -2.05. The number of rotatable bonds is 3. The molecular formula is C9H9BrN2O3. The Morgan fingerprint density at radius 2 is 2.13 bits per heavy atom. The molecule has 80 valence electrons. The fraction of sp³-hybridized carbons (Fsp3) is 0.111. The maximum absolute atomic E-state index is 11.4. The molecule has 0 aliphatic rings. The maximum atomic E-state index is 11.4. The van der Waals surface area contributed by atoms with Crippen LogP contribution in [0.25, 0.3) is 0 Å². The first-order valence-electron chi connectivity index (χ1n) is 4.05. The maximum Gasteiger partial charge on any atom is 0.322 e. The second-order valence-electron chi connectivity index (χ2n) is 2.81. The van der Waals surface area contributed by atoms with Gasteiger partial charge in [0.1, 0.15) is 6.54 Å². The molecule has 0 spiro atoms. The van der Waals surface area contributed by atoms with Crippen LogP contribution in [0.15, 0.2) is 22.7 Å². The van der Waals surface area contributed by atoms with Crippen LogP contribution in [0, 0.1) is 0 Å². The Morgan fingerprint density at radius 3 is 2.67 bits per heavy atom. The Hall–Kier alpha value is -1.56. The number of nitrogens with two attached hydrogens (primary N) is 1. The second-order valence-corrected chi connectivity index (χ2v) is 3.72. The minimum Gasteiger partial charge on any atom is -0.480 e. The van der Waals surface area contributed by atoms with Crippen LogP contribution in [0.2, 0.25) is 0 Å². The van der Waals surface area contributed by atoms with Gasteiger partial charge in [-0.3, -0.25) is 9.59 Å². The Morgan fingerprint density at radius 1 is 1.47 bits per heavy atom. The van der Waals surface area contributed by atoms with Crippen LogP contribution in [-0.2, 0) is 4.79 Å². The van der Waals surface area contributed by atoms with Crippen molar-refractivity contribution in [1.82, 2.24) is 5.32 Å². The number of hydrogen-bond acceptors (Lipinski definition) is 3. The van der Waals surface area contributed by atoms with Crippen LogP contribution in [0.4, 0.5) is 5.69 Å². The monoisotopic (exact) mass is 272 g/mol. The van der Waals surface area contributed by atoms with E-state index in [0.29, 0.717) is 5.69 Å². The van der Waals surface area contributed by atoms with Gasteiger partial charge in [-0.2, -0.15) is 0 Å². The van der Waals surface area contributed by atoms with Crippen molar-refractivity contribution in [3.63, 3.8) is 0 Å². The lowest BCUT2D eigenvalue weighted by atomic mass is 10.1. The largest absolute Gasteiger partial charge is 0.480 e. The van der Waals surface area contributed by atoms with Gasteiger partial charge in [0.15, 0.2) is 0 Å². The molecule has 15 heavy (non-hydrogen) atoms. The number of carboxylic acid groups (broad SMARTS) is 1. The summed E-state index contributed by atoms with van der Waals surface area (Å²) in [6.07, 6.45) is 0. The minimum atomic E-state index is -1.10. The Kier molecular flexibility index (Phi) is 3.68. The third-order valence-electron chi connectivity index (χ3n) is 1.66. The van der Waals surface area contributed by atoms with Crippen LogP contribution < -0.4 is 11.1 Å². The van der Waals surface area contributed by atoms with E-state index in [1.807, 2.05) is 0 Å². The number of aliphatic carboxylic acids is 1. The van der Waals surface area contributed by atoms with Crippen LogP contribution in [-0.4, -0.2) is 23.5 Å². The molecular weight excluding hydrogens is 264 g/mol. The average molecular weight is 273 g/mol. The van der Waals surface area contributed by atoms with Gasteiger partial charge in [0.2, 0.25) is 0 Å². The molecule has 0 aliphatic carbocycles. The highest BCUT2D eigenvalue weighted by Crippen LogP contribution is 2.18. The van der Waals surface area contributed by atoms with Gasteiger partial charge in [-0.05, 0) is 18.2 Å². The van der Waals surface area contributed by atoms with E-state index in [0.717, 1.165) is 4.47 Å². The summed E-state index contributed by atoms with van der Waals surface area (Å²) < 4.78 is 0.759. The molecule has 0 fully saturated rings.